The summed E-state index contributed by atoms with van der Waals surface area (Å²) in [6.07, 6.45) is 3.99. The summed E-state index contributed by atoms with van der Waals surface area (Å²) in [7, 11) is 0. The number of aryl methyl sites for hydroxylation is 1. The Morgan fingerprint density at radius 3 is 2.76 bits per heavy atom. The van der Waals surface area contributed by atoms with Crippen LogP contribution < -0.4 is 0 Å². The molecule has 86 valence electrons. The van der Waals surface area contributed by atoms with Crippen molar-refractivity contribution >= 4 is 5.97 Å². The summed E-state index contributed by atoms with van der Waals surface area (Å²) in [5.74, 6) is -0.938. The quantitative estimate of drug-likeness (QED) is 0.876. The van der Waals surface area contributed by atoms with Crippen molar-refractivity contribution in [3.8, 4) is 11.3 Å². The molecule has 0 bridgehead atoms. The summed E-state index contributed by atoms with van der Waals surface area (Å²) in [4.78, 5) is 19.4. The molecule has 0 saturated heterocycles. The number of rotatable bonds is 3. The lowest BCUT2D eigenvalue weighted by atomic mass is 10.1. The number of pyridine rings is 2. The maximum atomic E-state index is 11.0. The molecule has 4 nitrogen and oxygen atoms in total. The number of hydrogen-bond donors (Lipinski definition) is 1. The van der Waals surface area contributed by atoms with Crippen LogP contribution in [-0.4, -0.2) is 21.0 Å². The molecule has 4 heteroatoms. The van der Waals surface area contributed by atoms with Crippen molar-refractivity contribution < 1.29 is 9.90 Å². The zero-order chi connectivity index (χ0) is 12.3. The summed E-state index contributed by atoms with van der Waals surface area (Å²) < 4.78 is 0. The van der Waals surface area contributed by atoms with Gasteiger partial charge in [0.05, 0.1) is 17.0 Å². The average molecular weight is 228 g/mol. The summed E-state index contributed by atoms with van der Waals surface area (Å²) in [6.45, 7) is 1.89. The highest BCUT2D eigenvalue weighted by molar-refractivity contribution is 5.89. The van der Waals surface area contributed by atoms with E-state index in [-0.39, 0.29) is 5.56 Å². The highest BCUT2D eigenvalue weighted by Crippen LogP contribution is 2.18. The van der Waals surface area contributed by atoms with E-state index in [2.05, 4.69) is 9.97 Å². The van der Waals surface area contributed by atoms with Crippen LogP contribution in [0.4, 0.5) is 0 Å². The van der Waals surface area contributed by atoms with Gasteiger partial charge in [-0.05, 0) is 30.7 Å². The minimum atomic E-state index is -0.938. The molecule has 0 aliphatic rings. The van der Waals surface area contributed by atoms with Crippen molar-refractivity contribution in [1.29, 1.82) is 0 Å². The first-order chi connectivity index (χ1) is 8.22. The molecular weight excluding hydrogens is 216 g/mol. The summed E-state index contributed by atoms with van der Waals surface area (Å²) in [6, 6.07) is 7.03. The summed E-state index contributed by atoms with van der Waals surface area (Å²) >= 11 is 0. The monoisotopic (exact) mass is 228 g/mol. The Morgan fingerprint density at radius 1 is 1.35 bits per heavy atom. The van der Waals surface area contributed by atoms with Gasteiger partial charge in [0.25, 0.3) is 0 Å². The second-order valence-corrected chi connectivity index (χ2v) is 3.59. The standard InChI is InChI=1S/C13H12N2O2/c1-2-11-10(13(16)17)5-6-12(15-11)9-4-3-7-14-8-9/h3-8H,2H2,1H3,(H,16,17). The van der Waals surface area contributed by atoms with Gasteiger partial charge < -0.3 is 5.11 Å². The number of aromatic carboxylic acids is 1. The Labute approximate surface area is 99.0 Å². The van der Waals surface area contributed by atoms with Gasteiger partial charge in [-0.15, -0.1) is 0 Å². The van der Waals surface area contributed by atoms with Gasteiger partial charge in [-0.25, -0.2) is 4.79 Å². The van der Waals surface area contributed by atoms with E-state index in [1.54, 1.807) is 24.5 Å². The Morgan fingerprint density at radius 2 is 2.18 bits per heavy atom. The Hall–Kier alpha value is -2.23. The largest absolute Gasteiger partial charge is 0.478 e. The van der Waals surface area contributed by atoms with E-state index in [0.29, 0.717) is 12.1 Å². The molecule has 0 aliphatic carbocycles. The molecule has 17 heavy (non-hydrogen) atoms. The van der Waals surface area contributed by atoms with E-state index in [1.165, 1.54) is 0 Å². The molecule has 2 aromatic heterocycles. The lowest BCUT2D eigenvalue weighted by molar-refractivity contribution is 0.0695. The Balaban J connectivity index is 2.49. The third-order valence-corrected chi connectivity index (χ3v) is 2.50. The normalized spacial score (nSPS) is 10.2. The predicted octanol–water partition coefficient (Wildman–Crippen LogP) is 2.40. The van der Waals surface area contributed by atoms with E-state index in [0.717, 1.165) is 11.3 Å². The van der Waals surface area contributed by atoms with Crippen molar-refractivity contribution in [2.24, 2.45) is 0 Å². The molecule has 0 amide bonds. The molecule has 0 saturated carbocycles. The molecule has 2 heterocycles. The number of carbonyl (C=O) groups is 1. The SMILES string of the molecule is CCc1nc(-c2cccnc2)ccc1C(=O)O. The van der Waals surface area contributed by atoms with Crippen LogP contribution in [-0.2, 0) is 6.42 Å². The van der Waals surface area contributed by atoms with Crippen LogP contribution in [0.2, 0.25) is 0 Å². The Kier molecular flexibility index (Phi) is 3.14. The van der Waals surface area contributed by atoms with Crippen LogP contribution in [0.3, 0.4) is 0 Å². The first kappa shape index (κ1) is 11.3. The van der Waals surface area contributed by atoms with Crippen LogP contribution in [0.15, 0.2) is 36.7 Å². The first-order valence-corrected chi connectivity index (χ1v) is 5.36. The maximum Gasteiger partial charge on any atom is 0.337 e. The number of carboxylic acid groups (broad SMARTS) is 1. The Bertz CT molecular complexity index is 538. The van der Waals surface area contributed by atoms with E-state index in [1.807, 2.05) is 19.1 Å². The van der Waals surface area contributed by atoms with E-state index >= 15 is 0 Å². The van der Waals surface area contributed by atoms with Gasteiger partial charge in [-0.2, -0.15) is 0 Å². The van der Waals surface area contributed by atoms with Crippen molar-refractivity contribution in [3.63, 3.8) is 0 Å². The van der Waals surface area contributed by atoms with Crippen LogP contribution in [0, 0.1) is 0 Å². The second-order valence-electron chi connectivity index (χ2n) is 3.59. The van der Waals surface area contributed by atoms with E-state index < -0.39 is 5.97 Å². The third-order valence-electron chi connectivity index (χ3n) is 2.50. The minimum absolute atomic E-state index is 0.264. The molecule has 0 aliphatic heterocycles. The van der Waals surface area contributed by atoms with Crippen LogP contribution >= 0.6 is 0 Å². The van der Waals surface area contributed by atoms with Gasteiger partial charge in [0.2, 0.25) is 0 Å². The lowest BCUT2D eigenvalue weighted by Gasteiger charge is -2.06. The molecule has 0 radical (unpaired) electrons. The smallest absolute Gasteiger partial charge is 0.337 e. The molecule has 1 N–H and O–H groups in total. The van der Waals surface area contributed by atoms with E-state index in [4.69, 9.17) is 5.11 Å². The topological polar surface area (TPSA) is 63.1 Å². The third kappa shape index (κ3) is 2.30. The average Bonchev–Trinajstić information content (AvgIpc) is 2.39. The predicted molar refractivity (Wildman–Crippen MR) is 63.8 cm³/mol. The van der Waals surface area contributed by atoms with Gasteiger partial charge in [0, 0.05) is 18.0 Å². The molecule has 0 fully saturated rings. The molecule has 0 spiro atoms. The molecule has 0 unspecified atom stereocenters. The van der Waals surface area contributed by atoms with Crippen molar-refractivity contribution in [1.82, 2.24) is 9.97 Å². The van der Waals surface area contributed by atoms with Gasteiger partial charge in [-0.1, -0.05) is 6.92 Å². The van der Waals surface area contributed by atoms with Crippen molar-refractivity contribution in [2.45, 2.75) is 13.3 Å². The molecule has 0 atom stereocenters. The van der Waals surface area contributed by atoms with Crippen LogP contribution in [0.5, 0.6) is 0 Å². The minimum Gasteiger partial charge on any atom is -0.478 e. The highest BCUT2D eigenvalue weighted by atomic mass is 16.4. The van der Waals surface area contributed by atoms with Crippen LogP contribution in [0.1, 0.15) is 23.0 Å². The fraction of sp³-hybridized carbons (Fsp3) is 0.154. The number of nitrogens with zero attached hydrogens (tertiary/aromatic N) is 2. The van der Waals surface area contributed by atoms with Crippen molar-refractivity contribution in [3.05, 3.63) is 47.9 Å². The van der Waals surface area contributed by atoms with Gasteiger partial charge in [-0.3, -0.25) is 9.97 Å². The molecule has 2 rings (SSSR count). The molecule has 2 aromatic rings. The van der Waals surface area contributed by atoms with Crippen LogP contribution in [0.25, 0.3) is 11.3 Å². The van der Waals surface area contributed by atoms with Gasteiger partial charge in [0.1, 0.15) is 0 Å². The fourth-order valence-corrected chi connectivity index (χ4v) is 1.64. The zero-order valence-corrected chi connectivity index (χ0v) is 9.42. The molecule has 0 aromatic carbocycles. The highest BCUT2D eigenvalue weighted by Gasteiger charge is 2.11. The number of hydrogen-bond acceptors (Lipinski definition) is 3. The van der Waals surface area contributed by atoms with E-state index in [9.17, 15) is 4.79 Å². The molecular formula is C13H12N2O2. The second kappa shape index (κ2) is 4.74. The van der Waals surface area contributed by atoms with Gasteiger partial charge in [0.15, 0.2) is 0 Å². The number of aromatic nitrogens is 2. The number of carboxylic acids is 1. The van der Waals surface area contributed by atoms with Crippen molar-refractivity contribution in [2.75, 3.05) is 0 Å². The summed E-state index contributed by atoms with van der Waals surface area (Å²) in [5.41, 5.74) is 2.50. The lowest BCUT2D eigenvalue weighted by Crippen LogP contribution is -2.04. The fourth-order valence-electron chi connectivity index (χ4n) is 1.64. The zero-order valence-electron chi connectivity index (χ0n) is 9.42. The summed E-state index contributed by atoms with van der Waals surface area (Å²) in [5, 5.41) is 9.01. The maximum absolute atomic E-state index is 11.0. The first-order valence-electron chi connectivity index (χ1n) is 5.36. The van der Waals surface area contributed by atoms with Gasteiger partial charge >= 0.3 is 5.97 Å².